The SMILES string of the molecule is CC(C)CNCc1nnc(N2CCCC3CCCC32)o1. The van der Waals surface area contributed by atoms with E-state index in [0.717, 1.165) is 25.0 Å². The van der Waals surface area contributed by atoms with E-state index in [9.17, 15) is 0 Å². The molecule has 2 atom stereocenters. The van der Waals surface area contributed by atoms with Gasteiger partial charge < -0.3 is 14.6 Å². The quantitative estimate of drug-likeness (QED) is 0.897. The highest BCUT2D eigenvalue weighted by atomic mass is 16.4. The zero-order valence-electron chi connectivity index (χ0n) is 12.6. The molecule has 1 aromatic rings. The van der Waals surface area contributed by atoms with Gasteiger partial charge in [0.15, 0.2) is 0 Å². The van der Waals surface area contributed by atoms with Crippen LogP contribution in [0, 0.1) is 11.8 Å². The molecular weight excluding hydrogens is 252 g/mol. The fourth-order valence-corrected chi connectivity index (χ4v) is 3.59. The second-order valence-electron chi connectivity index (χ2n) is 6.60. The fraction of sp³-hybridized carbons (Fsp3) is 0.867. The van der Waals surface area contributed by atoms with E-state index in [2.05, 4.69) is 34.3 Å². The van der Waals surface area contributed by atoms with Crippen molar-refractivity contribution < 1.29 is 4.42 Å². The summed E-state index contributed by atoms with van der Waals surface area (Å²) in [6, 6.07) is 1.38. The molecule has 0 aromatic carbocycles. The van der Waals surface area contributed by atoms with E-state index in [1.54, 1.807) is 0 Å². The van der Waals surface area contributed by atoms with Crippen molar-refractivity contribution in [2.45, 2.75) is 58.5 Å². The van der Waals surface area contributed by atoms with Crippen LogP contribution < -0.4 is 10.2 Å². The molecule has 1 saturated heterocycles. The predicted octanol–water partition coefficient (Wildman–Crippen LogP) is 2.58. The Morgan fingerprint density at radius 1 is 1.25 bits per heavy atom. The molecule has 1 saturated carbocycles. The van der Waals surface area contributed by atoms with E-state index >= 15 is 0 Å². The first-order valence-corrected chi connectivity index (χ1v) is 8.04. The molecule has 0 amide bonds. The molecule has 0 spiro atoms. The Balaban J connectivity index is 1.61. The first kappa shape index (κ1) is 13.9. The van der Waals surface area contributed by atoms with Gasteiger partial charge in [-0.3, -0.25) is 0 Å². The molecule has 2 unspecified atom stereocenters. The third kappa shape index (κ3) is 2.97. The molecule has 2 heterocycles. The van der Waals surface area contributed by atoms with E-state index in [4.69, 9.17) is 4.42 Å². The third-order valence-corrected chi connectivity index (χ3v) is 4.52. The van der Waals surface area contributed by atoms with Crippen molar-refractivity contribution in [1.29, 1.82) is 0 Å². The number of nitrogens with one attached hydrogen (secondary N) is 1. The smallest absolute Gasteiger partial charge is 0.318 e. The van der Waals surface area contributed by atoms with Crippen molar-refractivity contribution in [2.75, 3.05) is 18.0 Å². The number of fused-ring (bicyclic) bond motifs is 1. The van der Waals surface area contributed by atoms with Crippen molar-refractivity contribution in [2.24, 2.45) is 11.8 Å². The van der Waals surface area contributed by atoms with E-state index in [1.807, 2.05) is 0 Å². The van der Waals surface area contributed by atoms with Crippen LogP contribution in [0.5, 0.6) is 0 Å². The monoisotopic (exact) mass is 278 g/mol. The highest BCUT2D eigenvalue weighted by molar-refractivity contribution is 5.29. The molecule has 3 rings (SSSR count). The summed E-state index contributed by atoms with van der Waals surface area (Å²) in [5, 5.41) is 11.8. The van der Waals surface area contributed by atoms with Gasteiger partial charge in [0, 0.05) is 12.6 Å². The van der Waals surface area contributed by atoms with Crippen LogP contribution in [0.15, 0.2) is 4.42 Å². The third-order valence-electron chi connectivity index (χ3n) is 4.52. The Kier molecular flexibility index (Phi) is 4.24. The van der Waals surface area contributed by atoms with Gasteiger partial charge in [0.2, 0.25) is 5.89 Å². The molecule has 1 aliphatic heterocycles. The second-order valence-corrected chi connectivity index (χ2v) is 6.60. The summed E-state index contributed by atoms with van der Waals surface area (Å²) < 4.78 is 5.85. The molecule has 2 fully saturated rings. The number of hydrogen-bond donors (Lipinski definition) is 1. The molecule has 20 heavy (non-hydrogen) atoms. The summed E-state index contributed by atoms with van der Waals surface area (Å²) >= 11 is 0. The Bertz CT molecular complexity index is 431. The summed E-state index contributed by atoms with van der Waals surface area (Å²) in [7, 11) is 0. The lowest BCUT2D eigenvalue weighted by Crippen LogP contribution is -2.42. The molecule has 112 valence electrons. The molecule has 1 N–H and O–H groups in total. The second kappa shape index (κ2) is 6.12. The van der Waals surface area contributed by atoms with E-state index in [1.165, 1.54) is 32.1 Å². The molecule has 0 bridgehead atoms. The number of piperidine rings is 1. The maximum atomic E-state index is 5.85. The van der Waals surface area contributed by atoms with Crippen LogP contribution in [0.3, 0.4) is 0 Å². The van der Waals surface area contributed by atoms with Gasteiger partial charge in [0.05, 0.1) is 6.54 Å². The van der Waals surface area contributed by atoms with Gasteiger partial charge in [0.1, 0.15) is 0 Å². The highest BCUT2D eigenvalue weighted by Gasteiger charge is 2.37. The molecule has 5 heteroatoms. The van der Waals surface area contributed by atoms with Crippen LogP contribution in [-0.4, -0.2) is 29.3 Å². The van der Waals surface area contributed by atoms with Gasteiger partial charge in [-0.15, -0.1) is 5.10 Å². The van der Waals surface area contributed by atoms with Crippen molar-refractivity contribution in [3.8, 4) is 0 Å². The lowest BCUT2D eigenvalue weighted by atomic mass is 9.92. The number of nitrogens with zero attached hydrogens (tertiary/aromatic N) is 3. The van der Waals surface area contributed by atoms with Crippen LogP contribution >= 0.6 is 0 Å². The lowest BCUT2D eigenvalue weighted by molar-refractivity contribution is 0.337. The summed E-state index contributed by atoms with van der Waals surface area (Å²) in [6.07, 6.45) is 6.64. The minimum absolute atomic E-state index is 0.638. The Morgan fingerprint density at radius 3 is 2.95 bits per heavy atom. The fourth-order valence-electron chi connectivity index (χ4n) is 3.59. The zero-order chi connectivity index (χ0) is 13.9. The van der Waals surface area contributed by atoms with Crippen LogP contribution in [0.4, 0.5) is 6.01 Å². The van der Waals surface area contributed by atoms with Gasteiger partial charge >= 0.3 is 6.01 Å². The van der Waals surface area contributed by atoms with Crippen LogP contribution in [0.1, 0.15) is 51.8 Å². The maximum Gasteiger partial charge on any atom is 0.318 e. The molecular formula is C15H26N4O. The van der Waals surface area contributed by atoms with E-state index in [-0.39, 0.29) is 0 Å². The number of rotatable bonds is 5. The van der Waals surface area contributed by atoms with E-state index < -0.39 is 0 Å². The maximum absolute atomic E-state index is 5.85. The average Bonchev–Trinajstić information content (AvgIpc) is 3.06. The lowest BCUT2D eigenvalue weighted by Gasteiger charge is -2.36. The Morgan fingerprint density at radius 2 is 2.10 bits per heavy atom. The summed E-state index contributed by atoms with van der Waals surface area (Å²) in [5.41, 5.74) is 0. The minimum Gasteiger partial charge on any atom is -0.407 e. The highest BCUT2D eigenvalue weighted by Crippen LogP contribution is 2.38. The Hall–Kier alpha value is -1.10. The number of hydrogen-bond acceptors (Lipinski definition) is 5. The van der Waals surface area contributed by atoms with Crippen molar-refractivity contribution >= 4 is 6.01 Å². The minimum atomic E-state index is 0.638. The molecule has 1 aliphatic carbocycles. The van der Waals surface area contributed by atoms with Gasteiger partial charge in [0.25, 0.3) is 0 Å². The van der Waals surface area contributed by atoms with Gasteiger partial charge in [-0.1, -0.05) is 25.4 Å². The summed E-state index contributed by atoms with van der Waals surface area (Å²) in [4.78, 5) is 2.36. The first-order valence-electron chi connectivity index (χ1n) is 8.04. The number of anilines is 1. The van der Waals surface area contributed by atoms with Gasteiger partial charge in [-0.2, -0.15) is 0 Å². The predicted molar refractivity (Wildman–Crippen MR) is 78.6 cm³/mol. The van der Waals surface area contributed by atoms with E-state index in [0.29, 0.717) is 24.4 Å². The molecule has 1 aromatic heterocycles. The van der Waals surface area contributed by atoms with Gasteiger partial charge in [-0.25, -0.2) is 0 Å². The standard InChI is InChI=1S/C15H26N4O/c1-11(2)9-16-10-14-17-18-15(20-14)19-8-4-6-12-5-3-7-13(12)19/h11-13,16H,3-10H2,1-2H3. The molecule has 5 nitrogen and oxygen atoms in total. The van der Waals surface area contributed by atoms with Crippen LogP contribution in [-0.2, 0) is 6.54 Å². The summed E-state index contributed by atoms with van der Waals surface area (Å²) in [5.74, 6) is 2.19. The Labute approximate surface area is 121 Å². The van der Waals surface area contributed by atoms with Crippen LogP contribution in [0.2, 0.25) is 0 Å². The largest absolute Gasteiger partial charge is 0.407 e. The summed E-state index contributed by atoms with van der Waals surface area (Å²) in [6.45, 7) is 7.11. The van der Waals surface area contributed by atoms with Gasteiger partial charge in [-0.05, 0) is 44.1 Å². The first-order chi connectivity index (χ1) is 9.74. The zero-order valence-corrected chi connectivity index (χ0v) is 12.6. The topological polar surface area (TPSA) is 54.2 Å². The average molecular weight is 278 g/mol. The molecule has 2 aliphatic rings. The van der Waals surface area contributed by atoms with Crippen LogP contribution in [0.25, 0.3) is 0 Å². The molecule has 0 radical (unpaired) electrons. The van der Waals surface area contributed by atoms with Crippen molar-refractivity contribution in [3.05, 3.63) is 5.89 Å². The number of aromatic nitrogens is 2. The van der Waals surface area contributed by atoms with Crippen molar-refractivity contribution in [1.82, 2.24) is 15.5 Å². The normalized spacial score (nSPS) is 26.2. The van der Waals surface area contributed by atoms with Crippen molar-refractivity contribution in [3.63, 3.8) is 0 Å².